The van der Waals surface area contributed by atoms with Crippen LogP contribution in [0.5, 0.6) is 0 Å². The molecule has 0 saturated carbocycles. The molecule has 1 saturated heterocycles. The van der Waals surface area contributed by atoms with Gasteiger partial charge in [-0.05, 0) is 26.0 Å². The number of rotatable bonds is 5. The molecule has 0 aromatic carbocycles. The highest BCUT2D eigenvalue weighted by molar-refractivity contribution is 7.09. The minimum absolute atomic E-state index is 0.669. The number of anilines is 1. The van der Waals surface area contributed by atoms with Crippen LogP contribution in [-0.2, 0) is 6.54 Å². The Labute approximate surface area is 138 Å². The van der Waals surface area contributed by atoms with E-state index in [1.54, 1.807) is 15.9 Å². The molecule has 0 atom stereocenters. The average molecular weight is 329 g/mol. The number of hydrogen-bond acceptors (Lipinski definition) is 7. The molecule has 4 heterocycles. The summed E-state index contributed by atoms with van der Waals surface area (Å²) >= 11 is 1.72. The Balaban J connectivity index is 1.30. The van der Waals surface area contributed by atoms with E-state index >= 15 is 0 Å². The fraction of sp³-hybridized carbons (Fsp3) is 0.467. The number of aryl methyl sites for hydroxylation is 2. The zero-order chi connectivity index (χ0) is 15.8. The Hall–Kier alpha value is -2.06. The summed E-state index contributed by atoms with van der Waals surface area (Å²) < 4.78 is 1.80. The van der Waals surface area contributed by atoms with E-state index in [4.69, 9.17) is 0 Å². The highest BCUT2D eigenvalue weighted by atomic mass is 32.1. The van der Waals surface area contributed by atoms with Crippen LogP contribution < -0.4 is 10.2 Å². The summed E-state index contributed by atoms with van der Waals surface area (Å²) in [6.07, 6.45) is 0. The van der Waals surface area contributed by atoms with E-state index in [9.17, 15) is 0 Å². The van der Waals surface area contributed by atoms with Gasteiger partial charge in [0.25, 0.3) is 0 Å². The van der Waals surface area contributed by atoms with Crippen LogP contribution in [-0.4, -0.2) is 44.4 Å². The smallest absolute Gasteiger partial charge is 0.178 e. The van der Waals surface area contributed by atoms with Crippen LogP contribution in [0.15, 0.2) is 17.6 Å². The molecule has 1 aliphatic rings. The van der Waals surface area contributed by atoms with Crippen molar-refractivity contribution in [1.29, 1.82) is 0 Å². The van der Waals surface area contributed by atoms with Crippen LogP contribution in [0.2, 0.25) is 0 Å². The van der Waals surface area contributed by atoms with Gasteiger partial charge in [-0.2, -0.15) is 4.52 Å². The summed E-state index contributed by atoms with van der Waals surface area (Å²) in [5.41, 5.74) is 3.84. The molecule has 1 N–H and O–H groups in total. The lowest BCUT2D eigenvalue weighted by molar-refractivity contribution is 0.381. The van der Waals surface area contributed by atoms with Crippen molar-refractivity contribution in [3.8, 4) is 0 Å². The van der Waals surface area contributed by atoms with Crippen LogP contribution in [0.1, 0.15) is 16.4 Å². The van der Waals surface area contributed by atoms with Crippen molar-refractivity contribution in [2.45, 2.75) is 20.4 Å². The van der Waals surface area contributed by atoms with Gasteiger partial charge in [-0.25, -0.2) is 4.98 Å². The molecular weight excluding hydrogens is 310 g/mol. The third kappa shape index (κ3) is 2.79. The van der Waals surface area contributed by atoms with E-state index < -0.39 is 0 Å². The molecule has 3 aromatic rings. The second-order valence-electron chi connectivity index (χ2n) is 5.97. The fourth-order valence-corrected chi connectivity index (χ4v) is 3.57. The first kappa shape index (κ1) is 14.5. The second-order valence-corrected chi connectivity index (χ2v) is 6.91. The Kier molecular flexibility index (Phi) is 3.70. The summed E-state index contributed by atoms with van der Waals surface area (Å²) in [6.45, 7) is 8.00. The maximum atomic E-state index is 4.61. The van der Waals surface area contributed by atoms with Gasteiger partial charge in [-0.3, -0.25) is 0 Å². The van der Waals surface area contributed by atoms with Crippen molar-refractivity contribution < 1.29 is 0 Å². The maximum absolute atomic E-state index is 4.61. The van der Waals surface area contributed by atoms with Crippen molar-refractivity contribution >= 4 is 22.8 Å². The van der Waals surface area contributed by atoms with Crippen molar-refractivity contribution in [3.05, 3.63) is 34.0 Å². The van der Waals surface area contributed by atoms with E-state index in [2.05, 4.69) is 37.4 Å². The Morgan fingerprint density at radius 3 is 2.91 bits per heavy atom. The standard InChI is InChI=1S/C15H19N7S/c1-10-13(23-9-17-10)6-16-5-12-7-21(8-12)15-4-3-14-19-18-11(2)22(14)20-15/h3-4,9,12,16H,5-8H2,1-2H3. The molecule has 120 valence electrons. The van der Waals surface area contributed by atoms with Crippen LogP contribution in [0.3, 0.4) is 0 Å². The number of nitrogens with one attached hydrogen (secondary N) is 1. The normalized spacial score (nSPS) is 15.3. The van der Waals surface area contributed by atoms with Gasteiger partial charge in [0, 0.05) is 37.0 Å². The third-order valence-corrected chi connectivity index (χ3v) is 5.18. The van der Waals surface area contributed by atoms with Crippen LogP contribution in [0.4, 0.5) is 5.82 Å². The first-order chi connectivity index (χ1) is 11.2. The van der Waals surface area contributed by atoms with Crippen LogP contribution in [0, 0.1) is 19.8 Å². The van der Waals surface area contributed by atoms with Gasteiger partial charge in [-0.15, -0.1) is 26.6 Å². The van der Waals surface area contributed by atoms with Crippen LogP contribution in [0.25, 0.3) is 5.65 Å². The van der Waals surface area contributed by atoms with Gasteiger partial charge >= 0.3 is 0 Å². The molecule has 23 heavy (non-hydrogen) atoms. The van der Waals surface area contributed by atoms with Gasteiger partial charge in [0.1, 0.15) is 5.82 Å². The molecular formula is C15H19N7S. The molecule has 4 rings (SSSR count). The molecule has 0 aliphatic carbocycles. The Bertz CT molecular complexity index is 818. The van der Waals surface area contributed by atoms with Crippen molar-refractivity contribution in [3.63, 3.8) is 0 Å². The first-order valence-electron chi connectivity index (χ1n) is 7.74. The zero-order valence-electron chi connectivity index (χ0n) is 13.2. The van der Waals surface area contributed by atoms with Gasteiger partial charge in [0.2, 0.25) is 0 Å². The molecule has 0 spiro atoms. The summed E-state index contributed by atoms with van der Waals surface area (Å²) in [6, 6.07) is 3.99. The highest BCUT2D eigenvalue weighted by Gasteiger charge is 2.27. The molecule has 1 fully saturated rings. The topological polar surface area (TPSA) is 71.2 Å². The molecule has 0 bridgehead atoms. The maximum Gasteiger partial charge on any atom is 0.178 e. The number of hydrogen-bond donors (Lipinski definition) is 1. The minimum atomic E-state index is 0.669. The van der Waals surface area contributed by atoms with Crippen molar-refractivity contribution in [2.24, 2.45) is 5.92 Å². The quantitative estimate of drug-likeness (QED) is 0.763. The number of nitrogens with zero attached hydrogens (tertiary/aromatic N) is 6. The van der Waals surface area contributed by atoms with E-state index in [1.807, 2.05) is 24.6 Å². The summed E-state index contributed by atoms with van der Waals surface area (Å²) in [5, 5.41) is 16.3. The van der Waals surface area contributed by atoms with Gasteiger partial charge < -0.3 is 10.2 Å². The largest absolute Gasteiger partial charge is 0.354 e. The molecule has 8 heteroatoms. The number of thiazole rings is 1. The minimum Gasteiger partial charge on any atom is -0.354 e. The van der Waals surface area contributed by atoms with Crippen LogP contribution >= 0.6 is 11.3 Å². The van der Waals surface area contributed by atoms with E-state index in [1.165, 1.54) is 4.88 Å². The molecule has 0 radical (unpaired) electrons. The molecule has 7 nitrogen and oxygen atoms in total. The predicted octanol–water partition coefficient (Wildman–Crippen LogP) is 1.42. The summed E-state index contributed by atoms with van der Waals surface area (Å²) in [4.78, 5) is 7.90. The highest BCUT2D eigenvalue weighted by Crippen LogP contribution is 2.22. The van der Waals surface area contributed by atoms with Crippen molar-refractivity contribution in [1.82, 2.24) is 30.1 Å². The van der Waals surface area contributed by atoms with Crippen molar-refractivity contribution in [2.75, 3.05) is 24.5 Å². The summed E-state index contributed by atoms with van der Waals surface area (Å²) in [5.74, 6) is 2.48. The number of fused-ring (bicyclic) bond motifs is 1. The second kappa shape index (κ2) is 5.86. The monoisotopic (exact) mass is 329 g/mol. The third-order valence-electron chi connectivity index (χ3n) is 4.25. The van der Waals surface area contributed by atoms with E-state index in [-0.39, 0.29) is 0 Å². The summed E-state index contributed by atoms with van der Waals surface area (Å²) in [7, 11) is 0. The fourth-order valence-electron chi connectivity index (χ4n) is 2.83. The van der Waals surface area contributed by atoms with Gasteiger partial charge in [0.05, 0.1) is 11.2 Å². The average Bonchev–Trinajstić information content (AvgIpc) is 3.08. The molecule has 1 aliphatic heterocycles. The Morgan fingerprint density at radius 2 is 2.13 bits per heavy atom. The van der Waals surface area contributed by atoms with Gasteiger partial charge in [0.15, 0.2) is 11.5 Å². The molecule has 0 amide bonds. The lowest BCUT2D eigenvalue weighted by Crippen LogP contribution is -2.51. The predicted molar refractivity (Wildman–Crippen MR) is 89.8 cm³/mol. The molecule has 0 unspecified atom stereocenters. The molecule has 3 aromatic heterocycles. The zero-order valence-corrected chi connectivity index (χ0v) is 14.0. The van der Waals surface area contributed by atoms with E-state index in [0.29, 0.717) is 5.92 Å². The SMILES string of the molecule is Cc1ncsc1CNCC1CN(c2ccc3nnc(C)n3n2)C1. The lowest BCUT2D eigenvalue weighted by atomic mass is 10.0. The Morgan fingerprint density at radius 1 is 1.26 bits per heavy atom. The first-order valence-corrected chi connectivity index (χ1v) is 8.62. The number of aromatic nitrogens is 5. The lowest BCUT2D eigenvalue weighted by Gasteiger charge is -2.40. The van der Waals surface area contributed by atoms with E-state index in [0.717, 1.165) is 49.2 Å². The van der Waals surface area contributed by atoms with Gasteiger partial charge in [-0.1, -0.05) is 0 Å².